The average Bonchev–Trinajstić information content (AvgIpc) is 2.23. The molecule has 0 unspecified atom stereocenters. The molecule has 0 aliphatic carbocycles. The van der Waals surface area contributed by atoms with E-state index in [0.717, 1.165) is 5.56 Å². The molecular weight excluding hydrogens is 255 g/mol. The van der Waals surface area contributed by atoms with Crippen molar-refractivity contribution < 1.29 is 18.0 Å². The van der Waals surface area contributed by atoms with E-state index in [1.807, 2.05) is 5.32 Å². The zero-order valence-electron chi connectivity index (χ0n) is 8.85. The molecule has 0 radical (unpaired) electrons. The molecule has 1 rings (SSSR count). The Bertz CT molecular complexity index is 393. The summed E-state index contributed by atoms with van der Waals surface area (Å²) < 4.78 is 35.4. The Balaban J connectivity index is 2.33. The third-order valence-corrected chi connectivity index (χ3v) is 2.25. The molecule has 6 heteroatoms. The first-order valence-corrected chi connectivity index (χ1v) is 5.32. The van der Waals surface area contributed by atoms with E-state index >= 15 is 0 Å². The van der Waals surface area contributed by atoms with Gasteiger partial charge in [0.25, 0.3) is 0 Å². The second-order valence-corrected chi connectivity index (χ2v) is 3.96. The van der Waals surface area contributed by atoms with Crippen molar-refractivity contribution in [2.75, 3.05) is 6.54 Å². The second kappa shape index (κ2) is 5.91. The van der Waals surface area contributed by atoms with Crippen LogP contribution in [0.4, 0.5) is 13.2 Å². The van der Waals surface area contributed by atoms with Crippen molar-refractivity contribution in [3.05, 3.63) is 34.9 Å². The molecule has 1 aromatic carbocycles. The van der Waals surface area contributed by atoms with Crippen LogP contribution in [0.2, 0.25) is 5.02 Å². The fraction of sp³-hybridized carbons (Fsp3) is 0.364. The van der Waals surface area contributed by atoms with Crippen molar-refractivity contribution in [1.82, 2.24) is 5.32 Å². The van der Waals surface area contributed by atoms with Gasteiger partial charge >= 0.3 is 6.18 Å². The molecule has 1 N–H and O–H groups in total. The van der Waals surface area contributed by atoms with Crippen molar-refractivity contribution in [3.63, 3.8) is 0 Å². The number of halogens is 4. The number of hydrogen-bond acceptors (Lipinski definition) is 1. The summed E-state index contributed by atoms with van der Waals surface area (Å²) >= 11 is 5.73. The molecule has 0 atom stereocenters. The van der Waals surface area contributed by atoms with Crippen molar-refractivity contribution in [2.45, 2.75) is 19.0 Å². The van der Waals surface area contributed by atoms with Gasteiger partial charge in [-0.1, -0.05) is 23.7 Å². The van der Waals surface area contributed by atoms with Gasteiger partial charge in [0.15, 0.2) is 0 Å². The molecular formula is C11H11ClF3NO. The van der Waals surface area contributed by atoms with Crippen LogP contribution in [0.3, 0.4) is 0 Å². The number of hydrogen-bond donors (Lipinski definition) is 1. The number of benzene rings is 1. The Morgan fingerprint density at radius 3 is 2.65 bits per heavy atom. The lowest BCUT2D eigenvalue weighted by molar-refractivity contribution is -0.138. The van der Waals surface area contributed by atoms with E-state index in [1.54, 1.807) is 24.3 Å². The van der Waals surface area contributed by atoms with Crippen molar-refractivity contribution in [1.29, 1.82) is 0 Å². The van der Waals surface area contributed by atoms with Crippen LogP contribution < -0.4 is 5.32 Å². The fourth-order valence-electron chi connectivity index (χ4n) is 1.24. The highest BCUT2D eigenvalue weighted by Crippen LogP contribution is 2.13. The minimum atomic E-state index is -4.37. The van der Waals surface area contributed by atoms with Gasteiger partial charge in [-0.15, -0.1) is 0 Å². The van der Waals surface area contributed by atoms with Gasteiger partial charge in [-0.25, -0.2) is 0 Å². The highest BCUT2D eigenvalue weighted by Gasteiger charge is 2.27. The van der Waals surface area contributed by atoms with E-state index in [1.165, 1.54) is 0 Å². The highest BCUT2D eigenvalue weighted by molar-refractivity contribution is 6.30. The van der Waals surface area contributed by atoms with E-state index in [2.05, 4.69) is 0 Å². The summed E-state index contributed by atoms with van der Waals surface area (Å²) in [6, 6.07) is 6.86. The largest absolute Gasteiger partial charge is 0.405 e. The van der Waals surface area contributed by atoms with Gasteiger partial charge in [-0.3, -0.25) is 4.79 Å². The summed E-state index contributed by atoms with van der Waals surface area (Å²) in [5.41, 5.74) is 0.819. The molecule has 1 amide bonds. The zero-order chi connectivity index (χ0) is 12.9. The Morgan fingerprint density at radius 2 is 2.06 bits per heavy atom. The molecule has 17 heavy (non-hydrogen) atoms. The first-order chi connectivity index (χ1) is 7.87. The molecule has 94 valence electrons. The van der Waals surface area contributed by atoms with Crippen molar-refractivity contribution >= 4 is 17.5 Å². The van der Waals surface area contributed by atoms with Crippen LogP contribution in [0, 0.1) is 0 Å². The monoisotopic (exact) mass is 265 g/mol. The molecule has 0 saturated heterocycles. The highest BCUT2D eigenvalue weighted by atomic mass is 35.5. The quantitative estimate of drug-likeness (QED) is 0.891. The smallest absolute Gasteiger partial charge is 0.347 e. The molecule has 0 heterocycles. The van der Waals surface area contributed by atoms with Gasteiger partial charge in [0.1, 0.15) is 6.54 Å². The van der Waals surface area contributed by atoms with Gasteiger partial charge in [0, 0.05) is 11.4 Å². The molecule has 2 nitrogen and oxygen atoms in total. The Morgan fingerprint density at radius 1 is 1.35 bits per heavy atom. The maximum Gasteiger partial charge on any atom is 0.405 e. The van der Waals surface area contributed by atoms with E-state index in [4.69, 9.17) is 11.6 Å². The summed E-state index contributed by atoms with van der Waals surface area (Å²) in [7, 11) is 0. The van der Waals surface area contributed by atoms with Crippen LogP contribution in [0.1, 0.15) is 12.0 Å². The maximum absolute atomic E-state index is 11.8. The number of rotatable bonds is 4. The normalized spacial score (nSPS) is 11.3. The number of aryl methyl sites for hydroxylation is 1. The van der Waals surface area contributed by atoms with Gasteiger partial charge in [0.2, 0.25) is 5.91 Å². The van der Waals surface area contributed by atoms with E-state index in [-0.39, 0.29) is 6.42 Å². The standard InChI is InChI=1S/C11H11ClF3NO/c12-9-3-1-2-8(6-9)4-5-10(17)16-7-11(13,14)15/h1-3,6H,4-5,7H2,(H,16,17). The molecule has 0 bridgehead atoms. The summed E-state index contributed by atoms with van der Waals surface area (Å²) in [5.74, 6) is -0.623. The van der Waals surface area contributed by atoms with Gasteiger partial charge < -0.3 is 5.32 Å². The third-order valence-electron chi connectivity index (χ3n) is 2.02. The summed E-state index contributed by atoms with van der Waals surface area (Å²) in [5, 5.41) is 2.35. The Labute approximate surface area is 102 Å². The van der Waals surface area contributed by atoms with E-state index in [9.17, 15) is 18.0 Å². The van der Waals surface area contributed by atoms with Crippen LogP contribution >= 0.6 is 11.6 Å². The molecule has 0 fully saturated rings. The van der Waals surface area contributed by atoms with Crippen LogP contribution in [0.15, 0.2) is 24.3 Å². The predicted molar refractivity (Wildman–Crippen MR) is 58.8 cm³/mol. The predicted octanol–water partition coefficient (Wildman–Crippen LogP) is 2.95. The molecule has 0 saturated carbocycles. The van der Waals surface area contributed by atoms with Crippen LogP contribution in [-0.2, 0) is 11.2 Å². The molecule has 0 aliphatic rings. The Kier molecular flexibility index (Phi) is 4.81. The Hall–Kier alpha value is -1.23. The first kappa shape index (κ1) is 13.8. The summed E-state index contributed by atoms with van der Waals surface area (Å²) in [6.07, 6.45) is -3.99. The first-order valence-electron chi connectivity index (χ1n) is 4.95. The van der Waals surface area contributed by atoms with Gasteiger partial charge in [0.05, 0.1) is 0 Å². The van der Waals surface area contributed by atoms with Crippen LogP contribution in [0.25, 0.3) is 0 Å². The lowest BCUT2D eigenvalue weighted by Gasteiger charge is -2.08. The van der Waals surface area contributed by atoms with Crippen LogP contribution in [0.5, 0.6) is 0 Å². The minimum absolute atomic E-state index is 0.0103. The second-order valence-electron chi connectivity index (χ2n) is 3.52. The summed E-state index contributed by atoms with van der Waals surface area (Å²) in [4.78, 5) is 11.1. The third kappa shape index (κ3) is 6.16. The van der Waals surface area contributed by atoms with Gasteiger partial charge in [-0.05, 0) is 24.1 Å². The molecule has 0 aliphatic heterocycles. The topological polar surface area (TPSA) is 29.1 Å². The lowest BCUT2D eigenvalue weighted by Crippen LogP contribution is -2.33. The van der Waals surface area contributed by atoms with E-state index < -0.39 is 18.6 Å². The zero-order valence-corrected chi connectivity index (χ0v) is 9.61. The van der Waals surface area contributed by atoms with Gasteiger partial charge in [-0.2, -0.15) is 13.2 Å². The maximum atomic E-state index is 11.8. The average molecular weight is 266 g/mol. The number of carbonyl (C=O) groups excluding carboxylic acids is 1. The number of alkyl halides is 3. The SMILES string of the molecule is O=C(CCc1cccc(Cl)c1)NCC(F)(F)F. The lowest BCUT2D eigenvalue weighted by atomic mass is 10.1. The van der Waals surface area contributed by atoms with E-state index in [0.29, 0.717) is 11.4 Å². The molecule has 0 spiro atoms. The fourth-order valence-corrected chi connectivity index (χ4v) is 1.45. The number of amides is 1. The summed E-state index contributed by atoms with van der Waals surface area (Å²) in [6.45, 7) is -1.29. The number of carbonyl (C=O) groups is 1. The molecule has 0 aromatic heterocycles. The minimum Gasteiger partial charge on any atom is -0.347 e. The molecule has 1 aromatic rings. The van der Waals surface area contributed by atoms with Crippen molar-refractivity contribution in [2.24, 2.45) is 0 Å². The van der Waals surface area contributed by atoms with Crippen molar-refractivity contribution in [3.8, 4) is 0 Å². The van der Waals surface area contributed by atoms with Crippen LogP contribution in [-0.4, -0.2) is 18.6 Å². The number of nitrogens with one attached hydrogen (secondary N) is 1.